The van der Waals surface area contributed by atoms with Crippen molar-refractivity contribution < 1.29 is 23.0 Å². The lowest BCUT2D eigenvalue weighted by Gasteiger charge is -2.36. The summed E-state index contributed by atoms with van der Waals surface area (Å²) in [4.78, 5) is 4.82. The van der Waals surface area contributed by atoms with E-state index in [4.69, 9.17) is 14.2 Å². The molecule has 26 heavy (non-hydrogen) atoms. The van der Waals surface area contributed by atoms with E-state index in [-0.39, 0.29) is 5.75 Å². The highest BCUT2D eigenvalue weighted by atomic mass is 19.3. The molecule has 0 amide bonds. The van der Waals surface area contributed by atoms with Crippen LogP contribution in [0.15, 0.2) is 18.2 Å². The van der Waals surface area contributed by atoms with Gasteiger partial charge in [0.15, 0.2) is 11.5 Å². The molecule has 5 nitrogen and oxygen atoms in total. The smallest absolute Gasteiger partial charge is 0.387 e. The maximum atomic E-state index is 12.9. The summed E-state index contributed by atoms with van der Waals surface area (Å²) in [6.07, 6.45) is 1.08. The number of nitrogens with zero attached hydrogens (tertiary/aromatic N) is 2. The third-order valence-corrected chi connectivity index (χ3v) is 5.30. The molecule has 146 valence electrons. The molecule has 0 bridgehead atoms. The second-order valence-corrected chi connectivity index (χ2v) is 6.77. The van der Waals surface area contributed by atoms with Crippen molar-refractivity contribution in [3.05, 3.63) is 23.8 Å². The molecule has 2 saturated heterocycles. The third kappa shape index (κ3) is 4.45. The van der Waals surface area contributed by atoms with Gasteiger partial charge in [0.25, 0.3) is 0 Å². The molecule has 3 rings (SSSR count). The van der Waals surface area contributed by atoms with Gasteiger partial charge in [-0.15, -0.1) is 0 Å². The molecule has 0 aromatic heterocycles. The van der Waals surface area contributed by atoms with Gasteiger partial charge in [0.1, 0.15) is 0 Å². The lowest BCUT2D eigenvalue weighted by atomic mass is 10.1. The number of alkyl halides is 2. The fraction of sp³-hybridized carbons (Fsp3) is 0.684. The van der Waals surface area contributed by atoms with Crippen molar-refractivity contribution >= 4 is 0 Å². The van der Waals surface area contributed by atoms with Crippen LogP contribution in [0.4, 0.5) is 8.78 Å². The Hall–Kier alpha value is -1.44. The van der Waals surface area contributed by atoms with Crippen molar-refractivity contribution in [1.82, 2.24) is 9.80 Å². The summed E-state index contributed by atoms with van der Waals surface area (Å²) in [6.45, 7) is 6.58. The zero-order valence-electron chi connectivity index (χ0n) is 15.5. The number of hydrogen-bond donors (Lipinski definition) is 0. The molecule has 0 N–H and O–H groups in total. The Morgan fingerprint density at radius 3 is 2.69 bits per heavy atom. The molecule has 1 aromatic carbocycles. The highest BCUT2D eigenvalue weighted by molar-refractivity contribution is 5.46. The van der Waals surface area contributed by atoms with Gasteiger partial charge in [-0.3, -0.25) is 9.80 Å². The second-order valence-electron chi connectivity index (χ2n) is 6.77. The molecule has 0 radical (unpaired) electrons. The van der Waals surface area contributed by atoms with Crippen molar-refractivity contribution in [2.24, 2.45) is 0 Å². The van der Waals surface area contributed by atoms with Gasteiger partial charge in [-0.1, -0.05) is 12.1 Å². The molecule has 0 aliphatic carbocycles. The Labute approximate surface area is 153 Å². The maximum absolute atomic E-state index is 12.9. The highest BCUT2D eigenvalue weighted by Crippen LogP contribution is 2.35. The standard InChI is InChI=1S/C19H28F2N2O3/c1-3-25-17-6-4-5-15(18(17)26-19(20)21)13-23-8-7-16(14(23)2)22-9-11-24-12-10-22/h4-6,14,16,19H,3,7-13H2,1-2H3/t14-,16-/m1/s1. The molecule has 0 unspecified atom stereocenters. The Balaban J connectivity index is 1.72. The fourth-order valence-electron chi connectivity index (χ4n) is 4.00. The number of para-hydroxylation sites is 1. The number of halogens is 2. The zero-order valence-corrected chi connectivity index (χ0v) is 15.5. The van der Waals surface area contributed by atoms with Gasteiger partial charge in [-0.05, 0) is 26.3 Å². The molecule has 0 saturated carbocycles. The molecule has 2 atom stereocenters. The first-order valence-corrected chi connectivity index (χ1v) is 9.35. The van der Waals surface area contributed by atoms with Crippen LogP contribution in [-0.4, -0.2) is 67.9 Å². The summed E-state index contributed by atoms with van der Waals surface area (Å²) in [6, 6.07) is 6.18. The minimum atomic E-state index is -2.87. The van der Waals surface area contributed by atoms with Crippen LogP contribution < -0.4 is 9.47 Å². The average Bonchev–Trinajstić information content (AvgIpc) is 2.99. The molecule has 2 fully saturated rings. The van der Waals surface area contributed by atoms with Crippen LogP contribution >= 0.6 is 0 Å². The highest BCUT2D eigenvalue weighted by Gasteiger charge is 2.35. The first-order chi connectivity index (χ1) is 12.6. The summed E-state index contributed by atoms with van der Waals surface area (Å²) in [5.41, 5.74) is 0.741. The minimum Gasteiger partial charge on any atom is -0.490 e. The molecule has 7 heteroatoms. The predicted molar refractivity (Wildman–Crippen MR) is 94.9 cm³/mol. The van der Waals surface area contributed by atoms with Crippen LogP contribution in [0.25, 0.3) is 0 Å². The zero-order chi connectivity index (χ0) is 18.5. The number of rotatable bonds is 7. The summed E-state index contributed by atoms with van der Waals surface area (Å²) in [5.74, 6) is 0.535. The first-order valence-electron chi connectivity index (χ1n) is 9.35. The Morgan fingerprint density at radius 1 is 1.23 bits per heavy atom. The third-order valence-electron chi connectivity index (χ3n) is 5.30. The Bertz CT molecular complexity index is 582. The van der Waals surface area contributed by atoms with Crippen LogP contribution in [0.3, 0.4) is 0 Å². The van der Waals surface area contributed by atoms with E-state index >= 15 is 0 Å². The molecule has 2 aliphatic rings. The molecule has 0 spiro atoms. The molecular weight excluding hydrogens is 342 g/mol. The van der Waals surface area contributed by atoms with Gasteiger partial charge in [-0.2, -0.15) is 8.78 Å². The number of likely N-dealkylation sites (tertiary alicyclic amines) is 1. The van der Waals surface area contributed by atoms with E-state index in [1.54, 1.807) is 6.07 Å². The molecule has 2 aliphatic heterocycles. The number of benzene rings is 1. The van der Waals surface area contributed by atoms with Crippen molar-refractivity contribution in [1.29, 1.82) is 0 Å². The molecular formula is C19H28F2N2O3. The van der Waals surface area contributed by atoms with Gasteiger partial charge < -0.3 is 14.2 Å². The van der Waals surface area contributed by atoms with Crippen LogP contribution in [0, 0.1) is 0 Å². The van der Waals surface area contributed by atoms with Gasteiger partial charge in [-0.25, -0.2) is 0 Å². The van der Waals surface area contributed by atoms with E-state index in [1.807, 2.05) is 19.1 Å². The van der Waals surface area contributed by atoms with Crippen molar-refractivity contribution in [3.8, 4) is 11.5 Å². The van der Waals surface area contributed by atoms with E-state index in [9.17, 15) is 8.78 Å². The van der Waals surface area contributed by atoms with E-state index in [0.717, 1.165) is 44.8 Å². The summed E-state index contributed by atoms with van der Waals surface area (Å²) >= 11 is 0. The summed E-state index contributed by atoms with van der Waals surface area (Å²) < 4.78 is 41.6. The van der Waals surface area contributed by atoms with Crippen LogP contribution in [0.1, 0.15) is 25.8 Å². The van der Waals surface area contributed by atoms with Crippen molar-refractivity contribution in [3.63, 3.8) is 0 Å². The lowest BCUT2D eigenvalue weighted by Crippen LogP contribution is -2.48. The number of hydrogen-bond acceptors (Lipinski definition) is 5. The normalized spacial score (nSPS) is 25.0. The number of morpholine rings is 1. The van der Waals surface area contributed by atoms with Crippen molar-refractivity contribution in [2.45, 2.75) is 45.5 Å². The van der Waals surface area contributed by atoms with Crippen molar-refractivity contribution in [2.75, 3.05) is 39.5 Å². The maximum Gasteiger partial charge on any atom is 0.387 e. The number of ether oxygens (including phenoxy) is 3. The van der Waals surface area contributed by atoms with Gasteiger partial charge in [0, 0.05) is 43.8 Å². The topological polar surface area (TPSA) is 34.2 Å². The van der Waals surface area contributed by atoms with Gasteiger partial charge in [0.05, 0.1) is 19.8 Å². The Kier molecular flexibility index (Phi) is 6.67. The first kappa shape index (κ1) is 19.3. The molecule has 1 aromatic rings. The molecule has 2 heterocycles. The predicted octanol–water partition coefficient (Wildman–Crippen LogP) is 2.98. The van der Waals surface area contributed by atoms with Gasteiger partial charge in [0.2, 0.25) is 0 Å². The Morgan fingerprint density at radius 2 is 2.00 bits per heavy atom. The van der Waals surface area contributed by atoms with E-state index in [0.29, 0.717) is 31.0 Å². The average molecular weight is 370 g/mol. The second kappa shape index (κ2) is 8.97. The van der Waals surface area contributed by atoms with E-state index in [1.165, 1.54) is 0 Å². The van der Waals surface area contributed by atoms with Crippen LogP contribution in [-0.2, 0) is 11.3 Å². The minimum absolute atomic E-state index is 0.159. The SMILES string of the molecule is CCOc1cccc(CN2CC[C@@H](N3CCOCC3)[C@H]2C)c1OC(F)F. The monoisotopic (exact) mass is 370 g/mol. The van der Waals surface area contributed by atoms with Crippen LogP contribution in [0.5, 0.6) is 11.5 Å². The van der Waals surface area contributed by atoms with E-state index in [2.05, 4.69) is 16.7 Å². The van der Waals surface area contributed by atoms with Crippen LogP contribution in [0.2, 0.25) is 0 Å². The van der Waals surface area contributed by atoms with Gasteiger partial charge >= 0.3 is 6.61 Å². The lowest BCUT2D eigenvalue weighted by molar-refractivity contribution is -0.0524. The summed E-state index contributed by atoms with van der Waals surface area (Å²) in [5, 5.41) is 0. The quantitative estimate of drug-likeness (QED) is 0.737. The largest absolute Gasteiger partial charge is 0.490 e. The van der Waals surface area contributed by atoms with E-state index < -0.39 is 6.61 Å². The summed E-state index contributed by atoms with van der Waals surface area (Å²) in [7, 11) is 0. The fourth-order valence-corrected chi connectivity index (χ4v) is 4.00.